The molecule has 1 aliphatic heterocycles. The van der Waals surface area contributed by atoms with Gasteiger partial charge in [-0.15, -0.1) is 0 Å². The number of carbonyl (C=O) groups excluding carboxylic acids is 1. The number of hydrogen-bond donors (Lipinski definition) is 2. The van der Waals surface area contributed by atoms with Gasteiger partial charge in [0.25, 0.3) is 0 Å². The SMILES string of the molecule is COc1ccccc1[C@H]1[C@H]2CCCC[C@@]2(O)CCN1CC(=O)NCc1ccco1. The van der Waals surface area contributed by atoms with Crippen LogP contribution in [0, 0.1) is 5.92 Å². The third-order valence-corrected chi connectivity index (χ3v) is 6.52. The normalized spacial score (nSPS) is 27.2. The molecule has 6 nitrogen and oxygen atoms in total. The standard InChI is InChI=1S/C23H30N2O4/c1-28-20-10-3-2-8-18(20)22-19-9-4-5-11-23(19,27)12-13-25(22)16-21(26)24-15-17-7-6-14-29-17/h2-3,6-8,10,14,19,22,27H,4-5,9,11-13,15-16H2,1H3,(H,24,26)/t19-,22+,23-/m1/s1. The summed E-state index contributed by atoms with van der Waals surface area (Å²) in [7, 11) is 1.68. The van der Waals surface area contributed by atoms with Gasteiger partial charge in [0.05, 0.1) is 32.1 Å². The molecule has 0 spiro atoms. The first kappa shape index (κ1) is 20.0. The Morgan fingerprint density at radius 1 is 1.28 bits per heavy atom. The molecule has 0 bridgehead atoms. The van der Waals surface area contributed by atoms with Crippen LogP contribution in [0.25, 0.3) is 0 Å². The zero-order valence-corrected chi connectivity index (χ0v) is 17.0. The van der Waals surface area contributed by atoms with Gasteiger partial charge in [0.15, 0.2) is 0 Å². The summed E-state index contributed by atoms with van der Waals surface area (Å²) < 4.78 is 10.9. The minimum absolute atomic E-state index is 0.0393. The molecule has 0 unspecified atom stereocenters. The van der Waals surface area contributed by atoms with Crippen molar-refractivity contribution >= 4 is 5.91 Å². The molecule has 2 heterocycles. The van der Waals surface area contributed by atoms with Crippen LogP contribution in [0.4, 0.5) is 0 Å². The van der Waals surface area contributed by atoms with Crippen molar-refractivity contribution in [2.75, 3.05) is 20.2 Å². The Morgan fingerprint density at radius 3 is 2.93 bits per heavy atom. The molecule has 29 heavy (non-hydrogen) atoms. The number of nitrogens with one attached hydrogen (secondary N) is 1. The molecular formula is C23H30N2O4. The van der Waals surface area contributed by atoms with E-state index in [0.29, 0.717) is 19.5 Å². The summed E-state index contributed by atoms with van der Waals surface area (Å²) in [6.45, 7) is 1.35. The van der Waals surface area contributed by atoms with Crippen LogP contribution in [0.5, 0.6) is 5.75 Å². The summed E-state index contributed by atoms with van der Waals surface area (Å²) in [6, 6.07) is 11.6. The van der Waals surface area contributed by atoms with E-state index in [1.54, 1.807) is 13.4 Å². The van der Waals surface area contributed by atoms with E-state index in [4.69, 9.17) is 9.15 Å². The smallest absolute Gasteiger partial charge is 0.234 e. The summed E-state index contributed by atoms with van der Waals surface area (Å²) in [4.78, 5) is 14.9. The van der Waals surface area contributed by atoms with Gasteiger partial charge < -0.3 is 19.6 Å². The van der Waals surface area contributed by atoms with Gasteiger partial charge in [0, 0.05) is 24.1 Å². The summed E-state index contributed by atoms with van der Waals surface area (Å²) in [6.07, 6.45) is 6.28. The predicted molar refractivity (Wildman–Crippen MR) is 109 cm³/mol. The zero-order chi connectivity index (χ0) is 20.3. The number of hydrogen-bond acceptors (Lipinski definition) is 5. The Kier molecular flexibility index (Phi) is 5.92. The maximum atomic E-state index is 12.7. The van der Waals surface area contributed by atoms with Gasteiger partial charge in [0.2, 0.25) is 5.91 Å². The third-order valence-electron chi connectivity index (χ3n) is 6.52. The minimum Gasteiger partial charge on any atom is -0.496 e. The van der Waals surface area contributed by atoms with Gasteiger partial charge in [-0.2, -0.15) is 0 Å². The van der Waals surface area contributed by atoms with Crippen LogP contribution in [-0.4, -0.2) is 41.7 Å². The number of likely N-dealkylation sites (tertiary alicyclic amines) is 1. The molecule has 1 aromatic heterocycles. The molecule has 3 atom stereocenters. The number of aliphatic hydroxyl groups is 1. The molecule has 1 saturated carbocycles. The van der Waals surface area contributed by atoms with Gasteiger partial charge >= 0.3 is 0 Å². The maximum Gasteiger partial charge on any atom is 0.234 e. The van der Waals surface area contributed by atoms with Crippen molar-refractivity contribution in [2.45, 2.75) is 50.3 Å². The van der Waals surface area contributed by atoms with Gasteiger partial charge in [-0.3, -0.25) is 9.69 Å². The second-order valence-corrected chi connectivity index (χ2v) is 8.22. The summed E-state index contributed by atoms with van der Waals surface area (Å²) in [5, 5.41) is 14.3. The minimum atomic E-state index is -0.662. The van der Waals surface area contributed by atoms with Gasteiger partial charge in [-0.1, -0.05) is 31.0 Å². The fourth-order valence-electron chi connectivity index (χ4n) is 5.08. The Labute approximate surface area is 171 Å². The fraction of sp³-hybridized carbons (Fsp3) is 0.522. The number of carbonyl (C=O) groups is 1. The van der Waals surface area contributed by atoms with E-state index >= 15 is 0 Å². The summed E-state index contributed by atoms with van der Waals surface area (Å²) >= 11 is 0. The molecule has 1 saturated heterocycles. The molecule has 1 aromatic carbocycles. The highest BCUT2D eigenvalue weighted by molar-refractivity contribution is 5.78. The van der Waals surface area contributed by atoms with E-state index in [0.717, 1.165) is 42.8 Å². The monoisotopic (exact) mass is 398 g/mol. The third kappa shape index (κ3) is 4.19. The molecule has 1 amide bonds. The van der Waals surface area contributed by atoms with Crippen LogP contribution in [0.2, 0.25) is 0 Å². The second kappa shape index (κ2) is 8.59. The lowest BCUT2D eigenvalue weighted by molar-refractivity contribution is -0.138. The molecule has 2 aromatic rings. The molecule has 156 valence electrons. The van der Waals surface area contributed by atoms with E-state index in [1.807, 2.05) is 30.3 Å². The highest BCUT2D eigenvalue weighted by Gasteiger charge is 2.49. The first-order valence-electron chi connectivity index (χ1n) is 10.5. The van der Waals surface area contributed by atoms with E-state index in [9.17, 15) is 9.90 Å². The molecular weight excluding hydrogens is 368 g/mol. The maximum absolute atomic E-state index is 12.7. The first-order chi connectivity index (χ1) is 14.1. The highest BCUT2D eigenvalue weighted by Crippen LogP contribution is 2.50. The summed E-state index contributed by atoms with van der Waals surface area (Å²) in [5.74, 6) is 1.61. The van der Waals surface area contributed by atoms with Crippen molar-refractivity contribution in [1.29, 1.82) is 0 Å². The Bertz CT molecular complexity index is 822. The van der Waals surface area contributed by atoms with E-state index in [2.05, 4.69) is 16.3 Å². The first-order valence-corrected chi connectivity index (χ1v) is 10.5. The number of nitrogens with zero attached hydrogens (tertiary/aromatic N) is 1. The Hall–Kier alpha value is -2.31. The van der Waals surface area contributed by atoms with E-state index < -0.39 is 5.60 Å². The number of rotatable bonds is 6. The van der Waals surface area contributed by atoms with Crippen LogP contribution >= 0.6 is 0 Å². The van der Waals surface area contributed by atoms with E-state index in [-0.39, 0.29) is 24.4 Å². The number of methoxy groups -OCH3 is 1. The topological polar surface area (TPSA) is 74.9 Å². The average molecular weight is 399 g/mol. The molecule has 6 heteroatoms. The molecule has 2 N–H and O–H groups in total. The van der Waals surface area contributed by atoms with Crippen molar-refractivity contribution in [3.8, 4) is 5.75 Å². The van der Waals surface area contributed by atoms with Crippen LogP contribution in [0.3, 0.4) is 0 Å². The lowest BCUT2D eigenvalue weighted by Gasteiger charge is -2.52. The molecule has 4 rings (SSSR count). The van der Waals surface area contributed by atoms with Crippen molar-refractivity contribution in [1.82, 2.24) is 10.2 Å². The number of para-hydroxylation sites is 1. The second-order valence-electron chi connectivity index (χ2n) is 8.22. The highest BCUT2D eigenvalue weighted by atomic mass is 16.5. The fourth-order valence-corrected chi connectivity index (χ4v) is 5.08. The zero-order valence-electron chi connectivity index (χ0n) is 17.0. The molecule has 1 aliphatic carbocycles. The lowest BCUT2D eigenvalue weighted by Crippen LogP contribution is -2.56. The Balaban J connectivity index is 1.56. The van der Waals surface area contributed by atoms with Crippen molar-refractivity contribution in [3.63, 3.8) is 0 Å². The number of furan rings is 1. The number of benzene rings is 1. The average Bonchev–Trinajstić information content (AvgIpc) is 3.26. The van der Waals surface area contributed by atoms with Crippen molar-refractivity contribution in [2.24, 2.45) is 5.92 Å². The number of ether oxygens (including phenoxy) is 1. The van der Waals surface area contributed by atoms with Crippen LogP contribution in [-0.2, 0) is 11.3 Å². The Morgan fingerprint density at radius 2 is 2.14 bits per heavy atom. The number of piperidine rings is 1. The van der Waals surface area contributed by atoms with Crippen LogP contribution < -0.4 is 10.1 Å². The van der Waals surface area contributed by atoms with Gasteiger partial charge in [-0.25, -0.2) is 0 Å². The van der Waals surface area contributed by atoms with Gasteiger partial charge in [-0.05, 0) is 37.5 Å². The number of amides is 1. The van der Waals surface area contributed by atoms with Gasteiger partial charge in [0.1, 0.15) is 11.5 Å². The van der Waals surface area contributed by atoms with E-state index in [1.165, 1.54) is 0 Å². The largest absolute Gasteiger partial charge is 0.496 e. The predicted octanol–water partition coefficient (Wildman–Crippen LogP) is 3.27. The number of fused-ring (bicyclic) bond motifs is 1. The molecule has 2 aliphatic rings. The van der Waals surface area contributed by atoms with Crippen molar-refractivity contribution < 1.29 is 19.1 Å². The lowest BCUT2D eigenvalue weighted by atomic mass is 9.66. The quantitative estimate of drug-likeness (QED) is 0.781. The summed E-state index contributed by atoms with van der Waals surface area (Å²) in [5.41, 5.74) is 0.393. The van der Waals surface area contributed by atoms with Crippen LogP contribution in [0.15, 0.2) is 47.1 Å². The van der Waals surface area contributed by atoms with Crippen molar-refractivity contribution in [3.05, 3.63) is 54.0 Å². The molecule has 2 fully saturated rings. The molecule has 0 radical (unpaired) electrons. The van der Waals surface area contributed by atoms with Crippen LogP contribution in [0.1, 0.15) is 49.5 Å².